The van der Waals surface area contributed by atoms with E-state index in [1.165, 1.54) is 5.56 Å². The summed E-state index contributed by atoms with van der Waals surface area (Å²) in [6, 6.07) is 13.6. The predicted octanol–water partition coefficient (Wildman–Crippen LogP) is 6.12. The maximum absolute atomic E-state index is 6.27. The van der Waals surface area contributed by atoms with Gasteiger partial charge in [0, 0.05) is 23.2 Å². The van der Waals surface area contributed by atoms with Crippen LogP contribution in [0.2, 0.25) is 15.2 Å². The second kappa shape index (κ2) is 6.33. The molecule has 1 heterocycles. The fourth-order valence-electron chi connectivity index (χ4n) is 2.24. The summed E-state index contributed by atoms with van der Waals surface area (Å²) in [5, 5.41) is 5.92. The highest BCUT2D eigenvalue weighted by Crippen LogP contribution is 2.26. The number of aryl methyl sites for hydroxylation is 1. The van der Waals surface area contributed by atoms with Crippen molar-refractivity contribution in [3.8, 4) is 0 Å². The van der Waals surface area contributed by atoms with E-state index in [4.69, 9.17) is 34.8 Å². The standard InChI is InChI=1S/C17H13Cl3N2/c1-10-2-5-16-11(6-10)7-12(17(20)22-16)9-21-13-3-4-14(18)15(19)8-13/h2-8,21H,9H2,1H3. The summed E-state index contributed by atoms with van der Waals surface area (Å²) in [5.41, 5.74) is 3.91. The predicted molar refractivity (Wildman–Crippen MR) is 95.3 cm³/mol. The van der Waals surface area contributed by atoms with Crippen molar-refractivity contribution in [1.29, 1.82) is 0 Å². The van der Waals surface area contributed by atoms with Crippen molar-refractivity contribution < 1.29 is 0 Å². The number of aromatic nitrogens is 1. The van der Waals surface area contributed by atoms with Gasteiger partial charge < -0.3 is 5.32 Å². The van der Waals surface area contributed by atoms with Crippen molar-refractivity contribution in [2.45, 2.75) is 13.5 Å². The molecule has 0 radical (unpaired) electrons. The maximum atomic E-state index is 6.27. The van der Waals surface area contributed by atoms with Gasteiger partial charge in [-0.15, -0.1) is 0 Å². The topological polar surface area (TPSA) is 24.9 Å². The average Bonchev–Trinajstić information content (AvgIpc) is 2.49. The van der Waals surface area contributed by atoms with Gasteiger partial charge in [0.1, 0.15) is 5.15 Å². The van der Waals surface area contributed by atoms with Crippen LogP contribution >= 0.6 is 34.8 Å². The average molecular weight is 352 g/mol. The highest BCUT2D eigenvalue weighted by molar-refractivity contribution is 6.42. The highest BCUT2D eigenvalue weighted by Gasteiger charge is 2.06. The van der Waals surface area contributed by atoms with E-state index in [0.29, 0.717) is 21.7 Å². The number of pyridine rings is 1. The molecule has 1 N–H and O–H groups in total. The van der Waals surface area contributed by atoms with E-state index < -0.39 is 0 Å². The van der Waals surface area contributed by atoms with Crippen LogP contribution < -0.4 is 5.32 Å². The van der Waals surface area contributed by atoms with Crippen molar-refractivity contribution >= 4 is 51.4 Å². The lowest BCUT2D eigenvalue weighted by Gasteiger charge is -2.10. The third-order valence-electron chi connectivity index (χ3n) is 3.40. The molecule has 1 aromatic heterocycles. The number of benzene rings is 2. The van der Waals surface area contributed by atoms with Gasteiger partial charge in [-0.05, 0) is 43.3 Å². The van der Waals surface area contributed by atoms with Crippen LogP contribution in [0, 0.1) is 6.92 Å². The van der Waals surface area contributed by atoms with Gasteiger partial charge in [-0.2, -0.15) is 0 Å². The summed E-state index contributed by atoms with van der Waals surface area (Å²) >= 11 is 18.2. The minimum absolute atomic E-state index is 0.504. The van der Waals surface area contributed by atoms with E-state index in [1.807, 2.05) is 18.2 Å². The molecule has 0 aliphatic carbocycles. The van der Waals surface area contributed by atoms with Gasteiger partial charge >= 0.3 is 0 Å². The Balaban J connectivity index is 1.86. The van der Waals surface area contributed by atoms with Crippen LogP contribution in [0.3, 0.4) is 0 Å². The highest BCUT2D eigenvalue weighted by atomic mass is 35.5. The minimum Gasteiger partial charge on any atom is -0.381 e. The first-order valence-electron chi connectivity index (χ1n) is 6.77. The van der Waals surface area contributed by atoms with Gasteiger partial charge in [0.15, 0.2) is 0 Å². The zero-order valence-corrected chi connectivity index (χ0v) is 14.1. The number of nitrogens with zero attached hydrogens (tertiary/aromatic N) is 1. The Labute approximate surface area is 144 Å². The SMILES string of the molecule is Cc1ccc2nc(Cl)c(CNc3ccc(Cl)c(Cl)c3)cc2c1. The summed E-state index contributed by atoms with van der Waals surface area (Å²) in [5.74, 6) is 0. The molecule has 112 valence electrons. The molecule has 0 bridgehead atoms. The third kappa shape index (κ3) is 3.30. The molecule has 0 fully saturated rings. The summed E-state index contributed by atoms with van der Waals surface area (Å²) in [7, 11) is 0. The summed E-state index contributed by atoms with van der Waals surface area (Å²) in [6.45, 7) is 2.62. The fourth-order valence-corrected chi connectivity index (χ4v) is 2.75. The van der Waals surface area contributed by atoms with E-state index in [1.54, 1.807) is 12.1 Å². The molecule has 3 aromatic rings. The second-order valence-electron chi connectivity index (χ2n) is 5.12. The Bertz CT molecular complexity index is 847. The van der Waals surface area contributed by atoms with Crippen LogP contribution in [-0.2, 0) is 6.54 Å². The Morgan fingerprint density at radius 1 is 0.955 bits per heavy atom. The van der Waals surface area contributed by atoms with Gasteiger partial charge in [0.2, 0.25) is 0 Å². The maximum Gasteiger partial charge on any atom is 0.134 e. The Kier molecular flexibility index (Phi) is 4.44. The first-order valence-corrected chi connectivity index (χ1v) is 7.91. The molecule has 2 nitrogen and oxygen atoms in total. The van der Waals surface area contributed by atoms with Crippen LogP contribution in [0.1, 0.15) is 11.1 Å². The molecular formula is C17H13Cl3N2. The molecule has 22 heavy (non-hydrogen) atoms. The number of hydrogen-bond acceptors (Lipinski definition) is 2. The smallest absolute Gasteiger partial charge is 0.134 e. The number of rotatable bonds is 3. The van der Waals surface area contributed by atoms with Gasteiger partial charge in [-0.1, -0.05) is 46.4 Å². The Morgan fingerprint density at radius 2 is 1.77 bits per heavy atom. The van der Waals surface area contributed by atoms with Crippen LogP contribution in [0.4, 0.5) is 5.69 Å². The molecular weight excluding hydrogens is 339 g/mol. The normalized spacial score (nSPS) is 10.9. The first-order chi connectivity index (χ1) is 10.5. The molecule has 0 spiro atoms. The monoisotopic (exact) mass is 350 g/mol. The molecule has 3 rings (SSSR count). The van der Waals surface area contributed by atoms with Crippen molar-refractivity contribution in [2.75, 3.05) is 5.32 Å². The van der Waals surface area contributed by atoms with E-state index in [9.17, 15) is 0 Å². The molecule has 5 heteroatoms. The molecule has 0 saturated heterocycles. The minimum atomic E-state index is 0.504. The van der Waals surface area contributed by atoms with Crippen molar-refractivity contribution in [2.24, 2.45) is 0 Å². The van der Waals surface area contributed by atoms with Crippen LogP contribution in [-0.4, -0.2) is 4.98 Å². The third-order valence-corrected chi connectivity index (χ3v) is 4.47. The van der Waals surface area contributed by atoms with Crippen molar-refractivity contribution in [3.63, 3.8) is 0 Å². The Hall–Kier alpha value is -1.48. The summed E-state index contributed by atoms with van der Waals surface area (Å²) in [6.07, 6.45) is 0. The number of hydrogen-bond donors (Lipinski definition) is 1. The van der Waals surface area contributed by atoms with Gasteiger partial charge in [-0.3, -0.25) is 0 Å². The molecule has 0 aliphatic rings. The number of halogens is 3. The summed E-state index contributed by atoms with van der Waals surface area (Å²) < 4.78 is 0. The number of nitrogens with one attached hydrogen (secondary N) is 1. The molecule has 0 aliphatic heterocycles. The van der Waals surface area contributed by atoms with Crippen molar-refractivity contribution in [3.05, 3.63) is 68.8 Å². The molecule has 2 aromatic carbocycles. The first kappa shape index (κ1) is 15.4. The van der Waals surface area contributed by atoms with Crippen LogP contribution in [0.5, 0.6) is 0 Å². The molecule has 0 atom stereocenters. The van der Waals surface area contributed by atoms with Gasteiger partial charge in [-0.25, -0.2) is 4.98 Å². The number of fused-ring (bicyclic) bond motifs is 1. The van der Waals surface area contributed by atoms with E-state index in [2.05, 4.69) is 29.4 Å². The zero-order chi connectivity index (χ0) is 15.7. The van der Waals surface area contributed by atoms with Crippen molar-refractivity contribution in [1.82, 2.24) is 4.98 Å². The summed E-state index contributed by atoms with van der Waals surface area (Å²) in [4.78, 5) is 4.44. The number of anilines is 1. The van der Waals surface area contributed by atoms with Gasteiger partial charge in [0.05, 0.1) is 15.6 Å². The van der Waals surface area contributed by atoms with Gasteiger partial charge in [0.25, 0.3) is 0 Å². The van der Waals surface area contributed by atoms with E-state index >= 15 is 0 Å². The molecule has 0 amide bonds. The quantitative estimate of drug-likeness (QED) is 0.575. The lowest BCUT2D eigenvalue weighted by molar-refractivity contribution is 1.13. The lowest BCUT2D eigenvalue weighted by atomic mass is 10.1. The largest absolute Gasteiger partial charge is 0.381 e. The lowest BCUT2D eigenvalue weighted by Crippen LogP contribution is -2.01. The Morgan fingerprint density at radius 3 is 2.55 bits per heavy atom. The van der Waals surface area contributed by atoms with Crippen LogP contribution in [0.15, 0.2) is 42.5 Å². The van der Waals surface area contributed by atoms with E-state index in [-0.39, 0.29) is 0 Å². The zero-order valence-electron chi connectivity index (χ0n) is 11.8. The van der Waals surface area contributed by atoms with Crippen LogP contribution in [0.25, 0.3) is 10.9 Å². The van der Waals surface area contributed by atoms with E-state index in [0.717, 1.165) is 22.2 Å². The second-order valence-corrected chi connectivity index (χ2v) is 6.29. The molecule has 0 saturated carbocycles. The molecule has 0 unspecified atom stereocenters. The fraction of sp³-hybridized carbons (Fsp3) is 0.118.